The van der Waals surface area contributed by atoms with Crippen molar-refractivity contribution in [2.75, 3.05) is 10.6 Å². The van der Waals surface area contributed by atoms with Crippen LogP contribution in [0.3, 0.4) is 0 Å². The molecule has 2 aromatic heterocycles. The molecule has 0 unspecified atom stereocenters. The standard InChI is InChI=1S/C24H22N4O3/c1-16-6-5-7-21(17(16)2)27-24(30)26-18-9-11-20(12-10-18)31-15-19-14-23(29)28-13-4-3-8-22(28)25-19/h3-14H,15H2,1-2H3,(H2,26,27,30). The monoisotopic (exact) mass is 414 g/mol. The molecule has 2 N–H and O–H groups in total. The van der Waals surface area contributed by atoms with Crippen LogP contribution in [0, 0.1) is 13.8 Å². The summed E-state index contributed by atoms with van der Waals surface area (Å²) in [6, 6.07) is 19.3. The minimum absolute atomic E-state index is 0.154. The van der Waals surface area contributed by atoms with E-state index in [-0.39, 0.29) is 18.2 Å². The minimum Gasteiger partial charge on any atom is -0.487 e. The van der Waals surface area contributed by atoms with Gasteiger partial charge < -0.3 is 15.4 Å². The lowest BCUT2D eigenvalue weighted by molar-refractivity contribution is 0.262. The maximum absolute atomic E-state index is 12.3. The number of nitrogens with zero attached hydrogens (tertiary/aromatic N) is 2. The second-order valence-corrected chi connectivity index (χ2v) is 7.15. The summed E-state index contributed by atoms with van der Waals surface area (Å²) in [6.45, 7) is 4.14. The van der Waals surface area contributed by atoms with Crippen LogP contribution in [0.5, 0.6) is 5.75 Å². The fourth-order valence-corrected chi connectivity index (χ4v) is 3.14. The van der Waals surface area contributed by atoms with Gasteiger partial charge in [-0.3, -0.25) is 9.20 Å². The van der Waals surface area contributed by atoms with Gasteiger partial charge in [-0.15, -0.1) is 0 Å². The molecule has 4 aromatic rings. The SMILES string of the molecule is Cc1cccc(NC(=O)Nc2ccc(OCc3cc(=O)n4ccccc4n3)cc2)c1C. The summed E-state index contributed by atoms with van der Waals surface area (Å²) >= 11 is 0. The third kappa shape index (κ3) is 4.72. The molecule has 0 aliphatic carbocycles. The molecule has 2 amide bonds. The van der Waals surface area contributed by atoms with Gasteiger partial charge in [-0.25, -0.2) is 9.78 Å². The number of hydrogen-bond donors (Lipinski definition) is 2. The van der Waals surface area contributed by atoms with Gasteiger partial charge in [0.2, 0.25) is 0 Å². The van der Waals surface area contributed by atoms with Crippen LogP contribution >= 0.6 is 0 Å². The molecule has 0 bridgehead atoms. The van der Waals surface area contributed by atoms with Gasteiger partial charge in [0.25, 0.3) is 5.56 Å². The fourth-order valence-electron chi connectivity index (χ4n) is 3.14. The second kappa shape index (κ2) is 8.71. The molecule has 4 rings (SSSR count). The number of aryl methyl sites for hydroxylation is 1. The van der Waals surface area contributed by atoms with Crippen LogP contribution in [0.4, 0.5) is 16.2 Å². The van der Waals surface area contributed by atoms with E-state index in [9.17, 15) is 9.59 Å². The zero-order valence-corrected chi connectivity index (χ0v) is 17.3. The Morgan fingerprint density at radius 1 is 1.00 bits per heavy atom. The molecule has 0 saturated heterocycles. The molecule has 31 heavy (non-hydrogen) atoms. The maximum atomic E-state index is 12.3. The Morgan fingerprint density at radius 2 is 1.81 bits per heavy atom. The smallest absolute Gasteiger partial charge is 0.323 e. The Hall–Kier alpha value is -4.13. The van der Waals surface area contributed by atoms with Crippen molar-refractivity contribution in [1.82, 2.24) is 9.38 Å². The maximum Gasteiger partial charge on any atom is 0.323 e. The van der Waals surface area contributed by atoms with E-state index in [0.717, 1.165) is 16.8 Å². The second-order valence-electron chi connectivity index (χ2n) is 7.15. The molecule has 2 aromatic carbocycles. The van der Waals surface area contributed by atoms with Crippen LogP contribution in [0.2, 0.25) is 0 Å². The van der Waals surface area contributed by atoms with E-state index in [4.69, 9.17) is 4.74 Å². The quantitative estimate of drug-likeness (QED) is 0.502. The largest absolute Gasteiger partial charge is 0.487 e. The Kier molecular flexibility index (Phi) is 5.66. The topological polar surface area (TPSA) is 84.7 Å². The van der Waals surface area contributed by atoms with Gasteiger partial charge in [-0.05, 0) is 67.4 Å². The number of ether oxygens (including phenoxy) is 1. The van der Waals surface area contributed by atoms with Crippen molar-refractivity contribution in [3.05, 3.63) is 100 Å². The average Bonchev–Trinajstić information content (AvgIpc) is 2.76. The number of fused-ring (bicyclic) bond motifs is 1. The van der Waals surface area contributed by atoms with Crippen molar-refractivity contribution in [2.24, 2.45) is 0 Å². The van der Waals surface area contributed by atoms with Gasteiger partial charge in [0.05, 0.1) is 5.69 Å². The normalized spacial score (nSPS) is 10.6. The first-order valence-corrected chi connectivity index (χ1v) is 9.84. The van der Waals surface area contributed by atoms with E-state index in [1.165, 1.54) is 10.5 Å². The van der Waals surface area contributed by atoms with Crippen LogP contribution in [-0.2, 0) is 6.61 Å². The van der Waals surface area contributed by atoms with Crippen molar-refractivity contribution in [2.45, 2.75) is 20.5 Å². The van der Waals surface area contributed by atoms with Crippen molar-refractivity contribution in [3.8, 4) is 5.75 Å². The lowest BCUT2D eigenvalue weighted by Crippen LogP contribution is -2.20. The van der Waals surface area contributed by atoms with E-state index >= 15 is 0 Å². The lowest BCUT2D eigenvalue weighted by Gasteiger charge is -2.12. The first-order chi connectivity index (χ1) is 15.0. The van der Waals surface area contributed by atoms with Gasteiger partial charge in [-0.1, -0.05) is 18.2 Å². The number of carbonyl (C=O) groups is 1. The number of rotatable bonds is 5. The lowest BCUT2D eigenvalue weighted by atomic mass is 10.1. The van der Waals surface area contributed by atoms with Crippen molar-refractivity contribution < 1.29 is 9.53 Å². The van der Waals surface area contributed by atoms with E-state index in [1.807, 2.05) is 38.1 Å². The summed E-state index contributed by atoms with van der Waals surface area (Å²) in [7, 11) is 0. The van der Waals surface area contributed by atoms with Crippen molar-refractivity contribution in [3.63, 3.8) is 0 Å². The Morgan fingerprint density at radius 3 is 2.61 bits per heavy atom. The van der Waals surface area contributed by atoms with Crippen LogP contribution in [0.1, 0.15) is 16.8 Å². The number of aromatic nitrogens is 2. The van der Waals surface area contributed by atoms with Crippen LogP contribution in [-0.4, -0.2) is 15.4 Å². The Labute approximate surface area is 179 Å². The summed E-state index contributed by atoms with van der Waals surface area (Å²) in [5, 5.41) is 5.66. The molecule has 0 fully saturated rings. The molecule has 0 atom stereocenters. The number of hydrogen-bond acceptors (Lipinski definition) is 4. The highest BCUT2D eigenvalue weighted by Gasteiger charge is 2.07. The molecule has 0 aliphatic heterocycles. The molecule has 0 saturated carbocycles. The first-order valence-electron chi connectivity index (χ1n) is 9.84. The third-order valence-electron chi connectivity index (χ3n) is 4.98. The summed E-state index contributed by atoms with van der Waals surface area (Å²) in [6.07, 6.45) is 1.68. The van der Waals surface area contributed by atoms with Gasteiger partial charge in [0, 0.05) is 23.6 Å². The van der Waals surface area contributed by atoms with Gasteiger partial charge >= 0.3 is 6.03 Å². The summed E-state index contributed by atoms with van der Waals surface area (Å²) in [5.41, 5.74) is 4.52. The summed E-state index contributed by atoms with van der Waals surface area (Å²) in [4.78, 5) is 28.9. The average molecular weight is 414 g/mol. The van der Waals surface area contributed by atoms with Gasteiger partial charge in [0.15, 0.2) is 0 Å². The molecule has 7 nitrogen and oxygen atoms in total. The van der Waals surface area contributed by atoms with Crippen LogP contribution < -0.4 is 20.9 Å². The van der Waals surface area contributed by atoms with Gasteiger partial charge in [-0.2, -0.15) is 0 Å². The number of nitrogens with one attached hydrogen (secondary N) is 2. The number of anilines is 2. The highest BCUT2D eigenvalue weighted by atomic mass is 16.5. The number of benzene rings is 2. The minimum atomic E-state index is -0.316. The number of carbonyl (C=O) groups excluding carboxylic acids is 1. The predicted molar refractivity (Wildman–Crippen MR) is 121 cm³/mol. The van der Waals surface area contributed by atoms with Crippen molar-refractivity contribution >= 4 is 23.1 Å². The number of pyridine rings is 1. The first kappa shape index (κ1) is 20.2. The van der Waals surface area contributed by atoms with Crippen LogP contribution in [0.15, 0.2) is 77.7 Å². The van der Waals surface area contributed by atoms with Crippen molar-refractivity contribution in [1.29, 1.82) is 0 Å². The number of amides is 2. The predicted octanol–water partition coefficient (Wildman–Crippen LogP) is 4.53. The third-order valence-corrected chi connectivity index (χ3v) is 4.98. The summed E-state index contributed by atoms with van der Waals surface area (Å²) < 4.78 is 7.22. The Bertz CT molecular complexity index is 1300. The van der Waals surface area contributed by atoms with E-state index in [2.05, 4.69) is 15.6 Å². The summed E-state index contributed by atoms with van der Waals surface area (Å²) in [5.74, 6) is 0.607. The molecular formula is C24H22N4O3. The zero-order valence-electron chi connectivity index (χ0n) is 17.3. The molecule has 156 valence electrons. The zero-order chi connectivity index (χ0) is 21.8. The Balaban J connectivity index is 1.36. The highest BCUT2D eigenvalue weighted by molar-refractivity contribution is 6.00. The molecule has 0 spiro atoms. The molecule has 2 heterocycles. The van der Waals surface area contributed by atoms with E-state index in [1.54, 1.807) is 42.6 Å². The fraction of sp³-hybridized carbons (Fsp3) is 0.125. The molecule has 7 heteroatoms. The highest BCUT2D eigenvalue weighted by Crippen LogP contribution is 2.20. The van der Waals surface area contributed by atoms with Gasteiger partial charge in [0.1, 0.15) is 18.0 Å². The van der Waals surface area contributed by atoms with E-state index < -0.39 is 0 Å². The molecular weight excluding hydrogens is 392 g/mol. The molecule has 0 radical (unpaired) electrons. The van der Waals surface area contributed by atoms with E-state index in [0.29, 0.717) is 22.8 Å². The molecule has 0 aliphatic rings. The van der Waals surface area contributed by atoms with Crippen LogP contribution in [0.25, 0.3) is 5.65 Å². The number of urea groups is 1.